The lowest BCUT2D eigenvalue weighted by Gasteiger charge is -2.17. The predicted molar refractivity (Wildman–Crippen MR) is 108 cm³/mol. The number of nitrogens with zero attached hydrogens (tertiary/aromatic N) is 1. The van der Waals surface area contributed by atoms with Crippen LogP contribution in [0.3, 0.4) is 0 Å². The predicted octanol–water partition coefficient (Wildman–Crippen LogP) is 1.72. The van der Waals surface area contributed by atoms with Gasteiger partial charge in [0.1, 0.15) is 11.6 Å². The molecule has 0 amide bonds. The average Bonchev–Trinajstić information content (AvgIpc) is 2.65. The molecule has 0 aliphatic heterocycles. The van der Waals surface area contributed by atoms with Gasteiger partial charge in [0.15, 0.2) is 6.61 Å². The van der Waals surface area contributed by atoms with Gasteiger partial charge in [0.2, 0.25) is 10.0 Å². The summed E-state index contributed by atoms with van der Waals surface area (Å²) in [5.41, 5.74) is 6.73. The number of nitrogens with one attached hydrogen (secondary N) is 1. The third-order valence-electron chi connectivity index (χ3n) is 3.87. The second kappa shape index (κ2) is 10.1. The number of carbonyl (C=O) groups is 1. The highest BCUT2D eigenvalue weighted by atomic mass is 35.5. The fraction of sp³-hybridized carbons (Fsp3) is 0.222. The molecule has 2 aromatic carbocycles. The Morgan fingerprint density at radius 1 is 1.14 bits per heavy atom. The molecule has 0 radical (unpaired) electrons. The molecule has 0 aliphatic carbocycles. The largest absolute Gasteiger partial charge is 0.482 e. The van der Waals surface area contributed by atoms with Gasteiger partial charge in [-0.05, 0) is 48.4 Å². The molecule has 28 heavy (non-hydrogen) atoms. The summed E-state index contributed by atoms with van der Waals surface area (Å²) in [6.45, 7) is -0.144. The van der Waals surface area contributed by atoms with E-state index in [-0.39, 0.29) is 29.7 Å². The monoisotopic (exact) mass is 427 g/mol. The van der Waals surface area contributed by atoms with Gasteiger partial charge in [-0.3, -0.25) is 5.41 Å². The van der Waals surface area contributed by atoms with Crippen molar-refractivity contribution < 1.29 is 23.1 Å². The van der Waals surface area contributed by atoms with E-state index in [2.05, 4.69) is 0 Å². The fourth-order valence-corrected chi connectivity index (χ4v) is 3.46. The summed E-state index contributed by atoms with van der Waals surface area (Å²) in [6, 6.07) is 12.7. The lowest BCUT2D eigenvalue weighted by Crippen LogP contribution is -2.29. The maximum Gasteiger partial charge on any atom is 0.341 e. The molecule has 0 aliphatic rings. The summed E-state index contributed by atoms with van der Waals surface area (Å²) in [4.78, 5) is 10.6. The molecule has 152 valence electrons. The number of carboxylic acids is 1. The van der Waals surface area contributed by atoms with Crippen LogP contribution in [0, 0.1) is 5.41 Å². The van der Waals surface area contributed by atoms with Crippen molar-refractivity contribution in [3.8, 4) is 5.75 Å². The number of ether oxygens (including phenoxy) is 1. The maximum absolute atomic E-state index is 12.6. The number of sulfonamides is 1. The Labute approximate surface area is 169 Å². The van der Waals surface area contributed by atoms with Crippen molar-refractivity contribution in [1.29, 1.82) is 5.41 Å². The maximum atomic E-state index is 12.6. The molecule has 0 aromatic heterocycles. The van der Waals surface area contributed by atoms with E-state index in [4.69, 9.17) is 21.0 Å². The van der Waals surface area contributed by atoms with Crippen LogP contribution in [0.1, 0.15) is 11.1 Å². The molecule has 10 heteroatoms. The molecule has 0 bridgehead atoms. The summed E-state index contributed by atoms with van der Waals surface area (Å²) in [6.07, 6.45) is 0.487. The molecule has 0 atom stereocenters. The molecule has 4 N–H and O–H groups in total. The molecule has 0 spiro atoms. The van der Waals surface area contributed by atoms with Crippen LogP contribution in [0.5, 0.6) is 5.75 Å². The van der Waals surface area contributed by atoms with Crippen LogP contribution < -0.4 is 10.5 Å². The van der Waals surface area contributed by atoms with Gasteiger partial charge in [-0.1, -0.05) is 12.1 Å². The van der Waals surface area contributed by atoms with Gasteiger partial charge in [0, 0.05) is 19.2 Å². The van der Waals surface area contributed by atoms with Crippen LogP contribution in [-0.4, -0.2) is 49.8 Å². The number of nitrogens with two attached hydrogens (primary N) is 1. The van der Waals surface area contributed by atoms with Crippen LogP contribution in [-0.2, 0) is 21.2 Å². The van der Waals surface area contributed by atoms with E-state index in [1.807, 2.05) is 0 Å². The number of carboxylic acid groups (broad SMARTS) is 1. The van der Waals surface area contributed by atoms with E-state index in [0.29, 0.717) is 17.7 Å². The second-order valence-corrected chi connectivity index (χ2v) is 7.89. The molecule has 0 saturated carbocycles. The highest BCUT2D eigenvalue weighted by Crippen LogP contribution is 2.17. The Hall–Kier alpha value is -2.62. The minimum absolute atomic E-state index is 0. The number of nitrogen functional groups attached to an aromatic ring is 1. The first kappa shape index (κ1) is 23.4. The van der Waals surface area contributed by atoms with Crippen molar-refractivity contribution in [2.75, 3.05) is 20.2 Å². The Balaban J connectivity index is 0.00000392. The first-order chi connectivity index (χ1) is 12.7. The second-order valence-electron chi connectivity index (χ2n) is 5.84. The van der Waals surface area contributed by atoms with Gasteiger partial charge < -0.3 is 15.6 Å². The first-order valence-corrected chi connectivity index (χ1v) is 9.48. The van der Waals surface area contributed by atoms with Crippen molar-refractivity contribution in [2.24, 2.45) is 5.73 Å². The van der Waals surface area contributed by atoms with Crippen LogP contribution in [0.4, 0.5) is 0 Å². The summed E-state index contributed by atoms with van der Waals surface area (Å²) >= 11 is 0. The normalized spacial score (nSPS) is 10.9. The van der Waals surface area contributed by atoms with Crippen molar-refractivity contribution in [1.82, 2.24) is 4.31 Å². The summed E-state index contributed by atoms with van der Waals surface area (Å²) in [5.74, 6) is -0.738. The van der Waals surface area contributed by atoms with E-state index in [0.717, 1.165) is 5.56 Å². The standard InChI is InChI=1S/C18H21N3O5S.ClH/c1-21(27(24,25)16-8-4-14(5-9-16)18(19)20)11-10-13-2-6-15(7-3-13)26-12-17(22)23;/h2-9H,10-12H2,1H3,(H3,19,20)(H,22,23);1H. The zero-order valence-electron chi connectivity index (χ0n) is 15.2. The topological polar surface area (TPSA) is 134 Å². The van der Waals surface area contributed by atoms with Crippen molar-refractivity contribution in [3.63, 3.8) is 0 Å². The lowest BCUT2D eigenvalue weighted by molar-refractivity contribution is -0.139. The minimum atomic E-state index is -3.65. The highest BCUT2D eigenvalue weighted by Gasteiger charge is 2.20. The third kappa shape index (κ3) is 6.22. The molecular formula is C18H22ClN3O5S. The Morgan fingerprint density at radius 3 is 2.21 bits per heavy atom. The molecule has 0 heterocycles. The van der Waals surface area contributed by atoms with Crippen LogP contribution >= 0.6 is 12.4 Å². The Morgan fingerprint density at radius 2 is 1.71 bits per heavy atom. The SMILES string of the molecule is CN(CCc1ccc(OCC(=O)O)cc1)S(=O)(=O)c1ccc(C(=N)N)cc1.Cl. The van der Waals surface area contributed by atoms with Crippen molar-refractivity contribution in [3.05, 3.63) is 59.7 Å². The number of likely N-dealkylation sites (N-methyl/N-ethyl adjacent to an activating group) is 1. The summed E-state index contributed by atoms with van der Waals surface area (Å²) in [7, 11) is -2.15. The number of rotatable bonds is 9. The highest BCUT2D eigenvalue weighted by molar-refractivity contribution is 7.89. The van der Waals surface area contributed by atoms with Crippen LogP contribution in [0.2, 0.25) is 0 Å². The molecule has 8 nitrogen and oxygen atoms in total. The number of aliphatic carboxylic acids is 1. The molecule has 2 aromatic rings. The number of benzene rings is 2. The van der Waals surface area contributed by atoms with Crippen LogP contribution in [0.15, 0.2) is 53.4 Å². The molecule has 0 unspecified atom stereocenters. The Bertz CT molecular complexity index is 915. The van der Waals surface area contributed by atoms with E-state index < -0.39 is 22.6 Å². The van der Waals surface area contributed by atoms with E-state index in [1.54, 1.807) is 24.3 Å². The number of halogens is 1. The molecular weight excluding hydrogens is 406 g/mol. The van der Waals surface area contributed by atoms with E-state index in [1.165, 1.54) is 35.6 Å². The number of amidine groups is 1. The number of hydrogen-bond donors (Lipinski definition) is 3. The lowest BCUT2D eigenvalue weighted by atomic mass is 10.1. The van der Waals surface area contributed by atoms with Crippen molar-refractivity contribution in [2.45, 2.75) is 11.3 Å². The van der Waals surface area contributed by atoms with Crippen molar-refractivity contribution >= 4 is 34.2 Å². The molecule has 0 saturated heterocycles. The Kier molecular flexibility index (Phi) is 8.42. The minimum Gasteiger partial charge on any atom is -0.482 e. The summed E-state index contributed by atoms with van der Waals surface area (Å²) in [5, 5.41) is 15.9. The van der Waals surface area contributed by atoms with Gasteiger partial charge in [0.25, 0.3) is 0 Å². The third-order valence-corrected chi connectivity index (χ3v) is 5.75. The average molecular weight is 428 g/mol. The van der Waals surface area contributed by atoms with Gasteiger partial charge in [-0.25, -0.2) is 17.5 Å². The van der Waals surface area contributed by atoms with E-state index in [9.17, 15) is 13.2 Å². The first-order valence-electron chi connectivity index (χ1n) is 8.04. The van der Waals surface area contributed by atoms with Gasteiger partial charge in [-0.2, -0.15) is 0 Å². The molecule has 0 fully saturated rings. The summed E-state index contributed by atoms with van der Waals surface area (Å²) < 4.78 is 31.5. The van der Waals surface area contributed by atoms with Crippen LogP contribution in [0.25, 0.3) is 0 Å². The zero-order valence-corrected chi connectivity index (χ0v) is 16.8. The van der Waals surface area contributed by atoms with Gasteiger partial charge in [-0.15, -0.1) is 12.4 Å². The van der Waals surface area contributed by atoms with Gasteiger partial charge in [0.05, 0.1) is 4.90 Å². The quantitative estimate of drug-likeness (QED) is 0.412. The number of hydrogen-bond acceptors (Lipinski definition) is 5. The zero-order chi connectivity index (χ0) is 20.0. The van der Waals surface area contributed by atoms with Gasteiger partial charge >= 0.3 is 5.97 Å². The smallest absolute Gasteiger partial charge is 0.341 e. The molecule has 2 rings (SSSR count). The van der Waals surface area contributed by atoms with E-state index >= 15 is 0 Å². The fourth-order valence-electron chi connectivity index (χ4n) is 2.29.